The molecule has 1 saturated heterocycles. The minimum Gasteiger partial charge on any atom is -0.338 e. The van der Waals surface area contributed by atoms with E-state index in [9.17, 15) is 9.18 Å². The first-order valence-corrected chi connectivity index (χ1v) is 8.08. The second-order valence-electron chi connectivity index (χ2n) is 6.29. The van der Waals surface area contributed by atoms with Gasteiger partial charge in [-0.15, -0.1) is 0 Å². The van der Waals surface area contributed by atoms with Gasteiger partial charge in [0, 0.05) is 31.0 Å². The molecule has 3 nitrogen and oxygen atoms in total. The lowest BCUT2D eigenvalue weighted by Gasteiger charge is -2.33. The lowest BCUT2D eigenvalue weighted by atomic mass is 9.91. The highest BCUT2D eigenvalue weighted by molar-refractivity contribution is 5.94. The fraction of sp³-hybridized carbons (Fsp3) is 0.368. The van der Waals surface area contributed by atoms with Crippen LogP contribution < -0.4 is 0 Å². The number of piperidine rings is 1. The van der Waals surface area contributed by atoms with Crippen LogP contribution in [0.15, 0.2) is 42.7 Å². The molecule has 0 aliphatic carbocycles. The van der Waals surface area contributed by atoms with E-state index in [2.05, 4.69) is 11.1 Å². The quantitative estimate of drug-likeness (QED) is 0.867. The molecule has 0 unspecified atom stereocenters. The van der Waals surface area contributed by atoms with Gasteiger partial charge in [0.05, 0.1) is 0 Å². The van der Waals surface area contributed by atoms with E-state index in [1.165, 1.54) is 11.6 Å². The summed E-state index contributed by atoms with van der Waals surface area (Å²) in [7, 11) is 0. The number of nitrogens with zero attached hydrogens (tertiary/aromatic N) is 2. The summed E-state index contributed by atoms with van der Waals surface area (Å²) in [5, 5.41) is 0. The molecule has 1 aromatic heterocycles. The number of carbonyl (C=O) groups excluding carboxylic acids is 1. The molecule has 1 aromatic carbocycles. The van der Waals surface area contributed by atoms with E-state index in [0.717, 1.165) is 32.4 Å². The lowest BCUT2D eigenvalue weighted by Crippen LogP contribution is -2.40. The van der Waals surface area contributed by atoms with Crippen LogP contribution in [0.4, 0.5) is 4.39 Å². The highest BCUT2D eigenvalue weighted by Gasteiger charge is 2.25. The molecule has 1 atom stereocenters. The van der Waals surface area contributed by atoms with Crippen LogP contribution in [-0.2, 0) is 6.42 Å². The number of rotatable bonds is 3. The second-order valence-corrected chi connectivity index (χ2v) is 6.29. The highest BCUT2D eigenvalue weighted by Crippen LogP contribution is 2.22. The van der Waals surface area contributed by atoms with Crippen molar-refractivity contribution in [2.75, 3.05) is 13.1 Å². The van der Waals surface area contributed by atoms with Crippen molar-refractivity contribution in [1.29, 1.82) is 0 Å². The third kappa shape index (κ3) is 3.76. The van der Waals surface area contributed by atoms with Gasteiger partial charge in [0.25, 0.3) is 5.91 Å². The molecule has 0 N–H and O–H groups in total. The van der Waals surface area contributed by atoms with Crippen molar-refractivity contribution in [3.63, 3.8) is 0 Å². The molecular weight excluding hydrogens is 291 g/mol. The number of carbonyl (C=O) groups is 1. The van der Waals surface area contributed by atoms with Crippen LogP contribution in [0.1, 0.15) is 34.3 Å². The first kappa shape index (κ1) is 15.7. The van der Waals surface area contributed by atoms with Crippen LogP contribution in [0.3, 0.4) is 0 Å². The fourth-order valence-corrected chi connectivity index (χ4v) is 3.18. The molecule has 2 aromatic rings. The third-order valence-electron chi connectivity index (χ3n) is 4.47. The van der Waals surface area contributed by atoms with E-state index in [0.29, 0.717) is 17.0 Å². The molecule has 120 valence electrons. The van der Waals surface area contributed by atoms with Crippen molar-refractivity contribution < 1.29 is 9.18 Å². The maximum absolute atomic E-state index is 13.7. The van der Waals surface area contributed by atoms with Crippen molar-refractivity contribution in [3.05, 3.63) is 65.2 Å². The Kier molecular flexibility index (Phi) is 4.70. The van der Waals surface area contributed by atoms with E-state index < -0.39 is 0 Å². The summed E-state index contributed by atoms with van der Waals surface area (Å²) in [5.41, 5.74) is 2.21. The SMILES string of the molecule is Cc1ccc(C(=O)N2CCC[C@H](Cc3cccnc3)C2)cc1F. The molecule has 0 saturated carbocycles. The van der Waals surface area contributed by atoms with Gasteiger partial charge in [-0.05, 0) is 61.4 Å². The van der Waals surface area contributed by atoms with Crippen LogP contribution in [0.5, 0.6) is 0 Å². The Balaban J connectivity index is 1.68. The molecule has 1 amide bonds. The average Bonchev–Trinajstić information content (AvgIpc) is 2.58. The lowest BCUT2D eigenvalue weighted by molar-refractivity contribution is 0.0673. The predicted molar refractivity (Wildman–Crippen MR) is 87.7 cm³/mol. The summed E-state index contributed by atoms with van der Waals surface area (Å²) in [5.74, 6) is 0.0479. The number of aromatic nitrogens is 1. The van der Waals surface area contributed by atoms with E-state index in [4.69, 9.17) is 0 Å². The zero-order valence-electron chi connectivity index (χ0n) is 13.3. The largest absolute Gasteiger partial charge is 0.338 e. The summed E-state index contributed by atoms with van der Waals surface area (Å²) in [6, 6.07) is 8.74. The minimum absolute atomic E-state index is 0.0696. The zero-order valence-corrected chi connectivity index (χ0v) is 13.3. The predicted octanol–water partition coefficient (Wildman–Crippen LogP) is 3.62. The molecular formula is C19H21FN2O. The van der Waals surface area contributed by atoms with Gasteiger partial charge in [-0.2, -0.15) is 0 Å². The molecule has 1 aliphatic heterocycles. The average molecular weight is 312 g/mol. The second kappa shape index (κ2) is 6.90. The Bertz CT molecular complexity index is 687. The Morgan fingerprint density at radius 1 is 1.39 bits per heavy atom. The topological polar surface area (TPSA) is 33.2 Å². The zero-order chi connectivity index (χ0) is 16.2. The van der Waals surface area contributed by atoms with Gasteiger partial charge in [-0.25, -0.2) is 4.39 Å². The number of hydrogen-bond acceptors (Lipinski definition) is 2. The van der Waals surface area contributed by atoms with E-state index in [-0.39, 0.29) is 11.7 Å². The summed E-state index contributed by atoms with van der Waals surface area (Å²) < 4.78 is 13.7. The van der Waals surface area contributed by atoms with Gasteiger partial charge in [-0.1, -0.05) is 12.1 Å². The molecule has 4 heteroatoms. The first-order valence-electron chi connectivity index (χ1n) is 8.08. The first-order chi connectivity index (χ1) is 11.1. The Hall–Kier alpha value is -2.23. The van der Waals surface area contributed by atoms with Crippen molar-refractivity contribution in [3.8, 4) is 0 Å². The number of pyridine rings is 1. The maximum atomic E-state index is 13.7. The summed E-state index contributed by atoms with van der Waals surface area (Å²) in [4.78, 5) is 18.6. The van der Waals surface area contributed by atoms with Gasteiger partial charge < -0.3 is 4.90 Å². The maximum Gasteiger partial charge on any atom is 0.253 e. The van der Waals surface area contributed by atoms with Crippen LogP contribution in [0.25, 0.3) is 0 Å². The fourth-order valence-electron chi connectivity index (χ4n) is 3.18. The summed E-state index contributed by atoms with van der Waals surface area (Å²) in [6.07, 6.45) is 6.69. The number of halogens is 1. The summed E-state index contributed by atoms with van der Waals surface area (Å²) >= 11 is 0. The van der Waals surface area contributed by atoms with E-state index in [1.54, 1.807) is 25.3 Å². The van der Waals surface area contributed by atoms with Crippen molar-refractivity contribution in [2.45, 2.75) is 26.2 Å². The Morgan fingerprint density at radius 2 is 2.26 bits per heavy atom. The molecule has 0 radical (unpaired) electrons. The van der Waals surface area contributed by atoms with Gasteiger partial charge in [0.15, 0.2) is 0 Å². The number of benzene rings is 1. The van der Waals surface area contributed by atoms with Crippen molar-refractivity contribution >= 4 is 5.91 Å². The molecule has 0 bridgehead atoms. The molecule has 23 heavy (non-hydrogen) atoms. The number of amides is 1. The third-order valence-corrected chi connectivity index (χ3v) is 4.47. The Labute approximate surface area is 136 Å². The van der Waals surface area contributed by atoms with Crippen LogP contribution in [-0.4, -0.2) is 28.9 Å². The number of likely N-dealkylation sites (tertiary alicyclic amines) is 1. The van der Waals surface area contributed by atoms with Crippen LogP contribution >= 0.6 is 0 Å². The molecule has 1 fully saturated rings. The summed E-state index contributed by atoms with van der Waals surface area (Å²) in [6.45, 7) is 3.18. The standard InChI is InChI=1S/C19H21FN2O/c1-14-6-7-17(11-18(14)20)19(23)22-9-3-5-16(13-22)10-15-4-2-8-21-12-15/h2,4,6-8,11-12,16H,3,5,9-10,13H2,1H3/t16-/m1/s1. The molecule has 0 spiro atoms. The van der Waals surface area contributed by atoms with Crippen molar-refractivity contribution in [2.24, 2.45) is 5.92 Å². The molecule has 1 aliphatic rings. The van der Waals surface area contributed by atoms with E-state index >= 15 is 0 Å². The van der Waals surface area contributed by atoms with Gasteiger partial charge in [-0.3, -0.25) is 9.78 Å². The highest BCUT2D eigenvalue weighted by atomic mass is 19.1. The molecule has 2 heterocycles. The van der Waals surface area contributed by atoms with Crippen molar-refractivity contribution in [1.82, 2.24) is 9.88 Å². The van der Waals surface area contributed by atoms with E-state index in [1.807, 2.05) is 17.2 Å². The monoisotopic (exact) mass is 312 g/mol. The molecule has 3 rings (SSSR count). The minimum atomic E-state index is -0.320. The normalized spacial score (nSPS) is 18.0. The van der Waals surface area contributed by atoms with Gasteiger partial charge in [0.2, 0.25) is 0 Å². The number of aryl methyl sites for hydroxylation is 1. The number of hydrogen-bond donors (Lipinski definition) is 0. The smallest absolute Gasteiger partial charge is 0.253 e. The van der Waals surface area contributed by atoms with Crippen LogP contribution in [0.2, 0.25) is 0 Å². The van der Waals surface area contributed by atoms with Crippen LogP contribution in [0, 0.1) is 18.7 Å². The van der Waals surface area contributed by atoms with Gasteiger partial charge in [0.1, 0.15) is 5.82 Å². The Morgan fingerprint density at radius 3 is 3.00 bits per heavy atom. The van der Waals surface area contributed by atoms with Gasteiger partial charge >= 0.3 is 0 Å².